The Bertz CT molecular complexity index is 1560. The van der Waals surface area contributed by atoms with Crippen molar-refractivity contribution >= 4 is 49.5 Å². The molecule has 2 aliphatic heterocycles. The lowest BCUT2D eigenvalue weighted by Crippen LogP contribution is -2.34. The zero-order chi connectivity index (χ0) is 29.2. The lowest BCUT2D eigenvalue weighted by molar-refractivity contribution is -0.0483. The molecule has 1 spiro atoms. The van der Waals surface area contributed by atoms with Gasteiger partial charge in [-0.25, -0.2) is 4.98 Å². The van der Waals surface area contributed by atoms with Gasteiger partial charge in [0.15, 0.2) is 29.1 Å². The van der Waals surface area contributed by atoms with Crippen LogP contribution in [0.25, 0.3) is 11.2 Å². The Morgan fingerprint density at radius 1 is 1.07 bits per heavy atom. The molecular weight excluding hydrogens is 600 g/mol. The highest BCUT2D eigenvalue weighted by Gasteiger charge is 2.47. The second kappa shape index (κ2) is 10.6. The predicted octanol–water partition coefficient (Wildman–Crippen LogP) is 2.79. The van der Waals surface area contributed by atoms with Gasteiger partial charge in [-0.15, -0.1) is 0 Å². The van der Waals surface area contributed by atoms with Crippen molar-refractivity contribution in [3.8, 4) is 0 Å². The number of benzene rings is 1. The first-order chi connectivity index (χ1) is 19.4. The van der Waals surface area contributed by atoms with E-state index >= 15 is 0 Å². The third-order valence-electron chi connectivity index (χ3n) is 8.08. The Morgan fingerprint density at radius 2 is 1.80 bits per heavy atom. The topological polar surface area (TPSA) is 201 Å². The molecule has 1 saturated carbocycles. The van der Waals surface area contributed by atoms with Gasteiger partial charge in [-0.3, -0.25) is 13.7 Å². The minimum atomic E-state index is -4.84. The third kappa shape index (κ3) is 5.47. The first-order valence-electron chi connectivity index (χ1n) is 13.2. The Labute approximate surface area is 239 Å². The van der Waals surface area contributed by atoms with Crippen molar-refractivity contribution in [3.05, 3.63) is 41.4 Å². The standard InChI is InChI=1S/C24H30ClN5O9P2/c25-23-27-20(29-11-24(8-4-1-5-9-24)14-6-2-3-7-15(14)29)17-21(28-23)30(12-26-17)22-19(32)18(31)16(39-22)10-38-41(36,37)13-40(33,34)35/h2-3,6-7,12,16,18-19,22,31-32H,1,4-5,8-11,13H2,(H,36,37)(H2,33,34,35)/t16-,18?,19?,22-/m1/s1. The summed E-state index contributed by atoms with van der Waals surface area (Å²) in [7, 11) is -9.54. The quantitative estimate of drug-likeness (QED) is 0.189. The van der Waals surface area contributed by atoms with Crippen molar-refractivity contribution in [2.45, 2.75) is 62.1 Å². The van der Waals surface area contributed by atoms with Gasteiger partial charge in [-0.05, 0) is 36.1 Å². The maximum Gasteiger partial charge on any atom is 0.340 e. The highest BCUT2D eigenvalue weighted by atomic mass is 35.5. The first-order valence-corrected chi connectivity index (χ1v) is 17.1. The lowest BCUT2D eigenvalue weighted by atomic mass is 9.71. The van der Waals surface area contributed by atoms with Crippen LogP contribution in [-0.2, 0) is 23.8 Å². The molecule has 14 nitrogen and oxygen atoms in total. The van der Waals surface area contributed by atoms with Gasteiger partial charge in [0, 0.05) is 17.6 Å². The van der Waals surface area contributed by atoms with Crippen molar-refractivity contribution in [1.29, 1.82) is 0 Å². The molecule has 1 saturated heterocycles. The smallest absolute Gasteiger partial charge is 0.340 e. The number of aromatic nitrogens is 4. The van der Waals surface area contributed by atoms with Crippen LogP contribution in [0, 0.1) is 0 Å². The van der Waals surface area contributed by atoms with Crippen molar-refractivity contribution < 1.29 is 43.3 Å². The van der Waals surface area contributed by atoms with Crippen LogP contribution in [0.4, 0.5) is 11.5 Å². The van der Waals surface area contributed by atoms with Gasteiger partial charge in [0.2, 0.25) is 5.28 Å². The number of aliphatic hydroxyl groups excluding tert-OH is 2. The molecule has 3 aromatic rings. The van der Waals surface area contributed by atoms with Gasteiger partial charge in [0.1, 0.15) is 18.3 Å². The minimum Gasteiger partial charge on any atom is -0.387 e. The van der Waals surface area contributed by atoms with Crippen LogP contribution in [0.1, 0.15) is 43.9 Å². The Kier molecular flexibility index (Phi) is 7.56. The highest BCUT2D eigenvalue weighted by molar-refractivity contribution is 7.70. The number of fused-ring (bicyclic) bond motifs is 3. The van der Waals surface area contributed by atoms with Crippen LogP contribution in [0.3, 0.4) is 0 Å². The van der Waals surface area contributed by atoms with E-state index in [-0.39, 0.29) is 16.3 Å². The van der Waals surface area contributed by atoms with Crippen LogP contribution < -0.4 is 4.90 Å². The van der Waals surface area contributed by atoms with E-state index < -0.39 is 52.2 Å². The predicted molar refractivity (Wildman–Crippen MR) is 147 cm³/mol. The van der Waals surface area contributed by atoms with E-state index in [1.165, 1.54) is 22.9 Å². The summed E-state index contributed by atoms with van der Waals surface area (Å²) < 4.78 is 35.1. The molecule has 17 heteroatoms. The second-order valence-electron chi connectivity index (χ2n) is 10.9. The second-order valence-corrected chi connectivity index (χ2v) is 15.2. The average molecular weight is 630 g/mol. The Balaban J connectivity index is 1.30. The molecule has 2 fully saturated rings. The summed E-state index contributed by atoms with van der Waals surface area (Å²) in [4.78, 5) is 43.3. The average Bonchev–Trinajstić information content (AvgIpc) is 3.55. The van der Waals surface area contributed by atoms with Crippen LogP contribution in [0.5, 0.6) is 0 Å². The number of para-hydroxylation sites is 1. The number of aliphatic hydroxyl groups is 2. The van der Waals surface area contributed by atoms with E-state index in [9.17, 15) is 24.2 Å². The fourth-order valence-corrected chi connectivity index (χ4v) is 9.01. The molecule has 1 aliphatic carbocycles. The van der Waals surface area contributed by atoms with E-state index in [4.69, 9.17) is 30.6 Å². The van der Waals surface area contributed by atoms with Gasteiger partial charge in [0.25, 0.3) is 0 Å². The molecule has 1 aromatic carbocycles. The fourth-order valence-electron chi connectivity index (χ4n) is 6.29. The van der Waals surface area contributed by atoms with E-state index in [1.807, 2.05) is 12.1 Å². The van der Waals surface area contributed by atoms with Crippen LogP contribution in [0.2, 0.25) is 5.28 Å². The summed E-state index contributed by atoms with van der Waals surface area (Å²) in [5.41, 5.74) is 2.93. The lowest BCUT2D eigenvalue weighted by Gasteiger charge is -2.34. The molecule has 41 heavy (non-hydrogen) atoms. The molecule has 0 radical (unpaired) electrons. The number of ether oxygens (including phenoxy) is 1. The molecule has 4 heterocycles. The number of hydrogen-bond donors (Lipinski definition) is 5. The van der Waals surface area contributed by atoms with Crippen molar-refractivity contribution in [1.82, 2.24) is 19.5 Å². The number of rotatable bonds is 7. The largest absolute Gasteiger partial charge is 0.387 e. The molecule has 6 rings (SSSR count). The van der Waals surface area contributed by atoms with Crippen molar-refractivity contribution in [2.75, 3.05) is 24.0 Å². The van der Waals surface area contributed by atoms with Crippen molar-refractivity contribution in [2.24, 2.45) is 0 Å². The molecule has 3 unspecified atom stereocenters. The summed E-state index contributed by atoms with van der Waals surface area (Å²) in [5, 5.41) is 21.3. The normalized spacial score (nSPS) is 27.4. The number of nitrogens with zero attached hydrogens (tertiary/aromatic N) is 5. The highest BCUT2D eigenvalue weighted by Crippen LogP contribution is 2.56. The Hall–Kier alpha value is -1.96. The summed E-state index contributed by atoms with van der Waals surface area (Å²) in [6, 6.07) is 8.23. The van der Waals surface area contributed by atoms with Gasteiger partial charge >= 0.3 is 15.2 Å². The summed E-state index contributed by atoms with van der Waals surface area (Å²) in [5.74, 6) is -0.889. The Morgan fingerprint density at radius 3 is 2.54 bits per heavy atom. The summed E-state index contributed by atoms with van der Waals surface area (Å²) >= 11 is 6.40. The monoisotopic (exact) mass is 629 g/mol. The summed E-state index contributed by atoms with van der Waals surface area (Å²) in [6.45, 7) is 0.000919. The molecule has 0 bridgehead atoms. The van der Waals surface area contributed by atoms with E-state index in [1.54, 1.807) is 0 Å². The van der Waals surface area contributed by atoms with Gasteiger partial charge in [0.05, 0.1) is 12.9 Å². The molecule has 222 valence electrons. The van der Waals surface area contributed by atoms with Crippen LogP contribution >= 0.6 is 26.8 Å². The van der Waals surface area contributed by atoms with E-state index in [2.05, 4.69) is 32.0 Å². The first kappa shape index (κ1) is 29.1. The minimum absolute atomic E-state index is 0.00478. The SMILES string of the molecule is O=P(O)(O)CP(=O)(O)OC[C@H]1O[C@@H](n2cnc3c(N4CC5(CCCCC5)c5ccccc54)nc(Cl)nc32)C(O)C1O. The molecule has 5 atom stereocenters. The zero-order valence-corrected chi connectivity index (χ0v) is 24.3. The van der Waals surface area contributed by atoms with Crippen LogP contribution in [0.15, 0.2) is 30.6 Å². The number of imidazole rings is 1. The third-order valence-corrected chi connectivity index (χ3v) is 11.7. The molecule has 0 amide bonds. The fraction of sp³-hybridized carbons (Fsp3) is 0.542. The molecule has 5 N–H and O–H groups in total. The van der Waals surface area contributed by atoms with Gasteiger partial charge < -0.3 is 39.1 Å². The summed E-state index contributed by atoms with van der Waals surface area (Å²) in [6.07, 6.45) is 1.42. The molecule has 2 aromatic heterocycles. The molecule has 3 aliphatic rings. The zero-order valence-electron chi connectivity index (χ0n) is 21.7. The number of hydrogen-bond acceptors (Lipinski definition) is 10. The number of anilines is 2. The van der Waals surface area contributed by atoms with Crippen LogP contribution in [-0.4, -0.2) is 81.8 Å². The maximum absolute atomic E-state index is 12.1. The van der Waals surface area contributed by atoms with Gasteiger partial charge in [-0.1, -0.05) is 37.5 Å². The van der Waals surface area contributed by atoms with E-state index in [0.717, 1.165) is 31.4 Å². The van der Waals surface area contributed by atoms with E-state index in [0.29, 0.717) is 17.9 Å². The van der Waals surface area contributed by atoms with Crippen molar-refractivity contribution in [3.63, 3.8) is 0 Å². The maximum atomic E-state index is 12.1. The molecular formula is C24H30ClN5O9P2. The number of halogens is 1. The van der Waals surface area contributed by atoms with Gasteiger partial charge in [-0.2, -0.15) is 9.97 Å².